The van der Waals surface area contributed by atoms with Crippen LogP contribution < -0.4 is 16.4 Å². The van der Waals surface area contributed by atoms with Crippen LogP contribution in [0.3, 0.4) is 0 Å². The minimum atomic E-state index is -0.862. The number of fused-ring (bicyclic) bond motifs is 1. The maximum atomic E-state index is 11.3. The summed E-state index contributed by atoms with van der Waals surface area (Å²) in [6.45, 7) is 0.313. The van der Waals surface area contributed by atoms with Crippen molar-refractivity contribution in [3.8, 4) is 11.4 Å². The number of amides is 3. The number of rotatable bonds is 5. The third-order valence-corrected chi connectivity index (χ3v) is 3.65. The summed E-state index contributed by atoms with van der Waals surface area (Å²) in [6.07, 6.45) is 0.0994. The van der Waals surface area contributed by atoms with Gasteiger partial charge in [-0.15, -0.1) is 15.3 Å². The molecule has 3 heterocycles. The van der Waals surface area contributed by atoms with Gasteiger partial charge in [0.25, 0.3) is 0 Å². The van der Waals surface area contributed by atoms with Gasteiger partial charge in [-0.1, -0.05) is 0 Å². The summed E-state index contributed by atoms with van der Waals surface area (Å²) in [6, 6.07) is 4.60. The van der Waals surface area contributed by atoms with E-state index in [-0.39, 0.29) is 6.42 Å². The molecule has 4 N–H and O–H groups in total. The second-order valence-electron chi connectivity index (χ2n) is 4.61. The van der Waals surface area contributed by atoms with Crippen LogP contribution in [0.5, 0.6) is 0 Å². The summed E-state index contributed by atoms with van der Waals surface area (Å²) >= 11 is 1.57. The third-order valence-electron chi connectivity index (χ3n) is 2.96. The summed E-state index contributed by atoms with van der Waals surface area (Å²) in [7, 11) is 0. The SMILES string of the molecule is NC(=O)NC(=O)CCNc1ccc2nnc(-c3ccsc3)n2n1. The van der Waals surface area contributed by atoms with Crippen molar-refractivity contribution in [1.29, 1.82) is 0 Å². The molecule has 3 rings (SSSR count). The Hall–Kier alpha value is -3.01. The number of hydrogen-bond donors (Lipinski definition) is 3. The quantitative estimate of drug-likeness (QED) is 0.636. The maximum Gasteiger partial charge on any atom is 0.318 e. The van der Waals surface area contributed by atoms with E-state index < -0.39 is 11.9 Å². The molecule has 3 aromatic rings. The lowest BCUT2D eigenvalue weighted by Crippen LogP contribution is -2.35. The Labute approximate surface area is 134 Å². The second-order valence-corrected chi connectivity index (χ2v) is 5.39. The Kier molecular flexibility index (Phi) is 4.15. The molecule has 0 atom stereocenters. The molecule has 3 amide bonds. The zero-order chi connectivity index (χ0) is 16.2. The van der Waals surface area contributed by atoms with Gasteiger partial charge in [-0.3, -0.25) is 10.1 Å². The molecular formula is C13H13N7O2S. The zero-order valence-corrected chi connectivity index (χ0v) is 12.7. The van der Waals surface area contributed by atoms with Gasteiger partial charge in [0.2, 0.25) is 5.91 Å². The van der Waals surface area contributed by atoms with Crippen LogP contribution in [0.1, 0.15) is 6.42 Å². The molecule has 0 aliphatic rings. The highest BCUT2D eigenvalue weighted by Gasteiger charge is 2.10. The van der Waals surface area contributed by atoms with E-state index in [4.69, 9.17) is 5.73 Å². The van der Waals surface area contributed by atoms with E-state index in [9.17, 15) is 9.59 Å². The Morgan fingerprint density at radius 1 is 1.26 bits per heavy atom. The number of carbonyl (C=O) groups excluding carboxylic acids is 2. The lowest BCUT2D eigenvalue weighted by molar-refractivity contribution is -0.119. The summed E-state index contributed by atoms with van der Waals surface area (Å²) in [5.41, 5.74) is 6.44. The van der Waals surface area contributed by atoms with Gasteiger partial charge in [0.05, 0.1) is 0 Å². The van der Waals surface area contributed by atoms with Gasteiger partial charge in [-0.25, -0.2) is 4.79 Å². The highest BCUT2D eigenvalue weighted by Crippen LogP contribution is 2.20. The molecule has 0 saturated carbocycles. The Morgan fingerprint density at radius 2 is 2.13 bits per heavy atom. The molecule has 0 bridgehead atoms. The summed E-state index contributed by atoms with van der Waals surface area (Å²) in [5.74, 6) is 0.770. The second kappa shape index (κ2) is 6.40. The number of thiophene rings is 1. The normalized spacial score (nSPS) is 10.6. The van der Waals surface area contributed by atoms with E-state index in [0.29, 0.717) is 23.8 Å². The highest BCUT2D eigenvalue weighted by molar-refractivity contribution is 7.08. The molecule has 0 aliphatic carbocycles. The number of imide groups is 1. The predicted molar refractivity (Wildman–Crippen MR) is 84.9 cm³/mol. The lowest BCUT2D eigenvalue weighted by Gasteiger charge is -2.05. The Morgan fingerprint density at radius 3 is 2.87 bits per heavy atom. The van der Waals surface area contributed by atoms with Crippen LogP contribution in [-0.2, 0) is 4.79 Å². The molecule has 0 unspecified atom stereocenters. The number of carbonyl (C=O) groups is 2. The molecule has 0 aromatic carbocycles. The van der Waals surface area contributed by atoms with Gasteiger partial charge < -0.3 is 11.1 Å². The van der Waals surface area contributed by atoms with Crippen molar-refractivity contribution < 1.29 is 9.59 Å². The van der Waals surface area contributed by atoms with Crippen LogP contribution in [-0.4, -0.2) is 38.3 Å². The first kappa shape index (κ1) is 14.9. The van der Waals surface area contributed by atoms with Crippen LogP contribution in [0.2, 0.25) is 0 Å². The average molecular weight is 331 g/mol. The molecule has 0 saturated heterocycles. The van der Waals surface area contributed by atoms with E-state index in [1.807, 2.05) is 22.1 Å². The van der Waals surface area contributed by atoms with Crippen LogP contribution in [0.25, 0.3) is 17.0 Å². The third kappa shape index (κ3) is 3.43. The highest BCUT2D eigenvalue weighted by atomic mass is 32.1. The molecule has 0 radical (unpaired) electrons. The number of anilines is 1. The smallest absolute Gasteiger partial charge is 0.318 e. The van der Waals surface area contributed by atoms with Gasteiger partial charge in [0.1, 0.15) is 5.82 Å². The molecule has 10 heteroatoms. The monoisotopic (exact) mass is 331 g/mol. The minimum Gasteiger partial charge on any atom is -0.368 e. The summed E-state index contributed by atoms with van der Waals surface area (Å²) < 4.78 is 1.63. The molecular weight excluding hydrogens is 318 g/mol. The van der Waals surface area contributed by atoms with E-state index >= 15 is 0 Å². The average Bonchev–Trinajstić information content (AvgIpc) is 3.14. The van der Waals surface area contributed by atoms with Crippen molar-refractivity contribution in [3.63, 3.8) is 0 Å². The van der Waals surface area contributed by atoms with E-state index in [1.165, 1.54) is 0 Å². The standard InChI is InChI=1S/C13H13N7O2S/c14-13(22)16-11(21)3-5-15-9-1-2-10-17-18-12(20(10)19-9)8-4-6-23-7-8/h1-2,4,6-7H,3,5H2,(H,15,19)(H3,14,16,21,22). The zero-order valence-electron chi connectivity index (χ0n) is 11.9. The maximum absolute atomic E-state index is 11.3. The van der Waals surface area contributed by atoms with E-state index in [1.54, 1.807) is 28.0 Å². The first-order chi connectivity index (χ1) is 11.1. The fourth-order valence-electron chi connectivity index (χ4n) is 1.96. The molecule has 118 valence electrons. The lowest BCUT2D eigenvalue weighted by atomic mass is 10.3. The molecule has 23 heavy (non-hydrogen) atoms. The molecule has 3 aromatic heterocycles. The predicted octanol–water partition coefficient (Wildman–Crippen LogP) is 0.850. The Bertz CT molecular complexity index is 843. The van der Waals surface area contributed by atoms with Crippen LogP contribution in [0.15, 0.2) is 29.0 Å². The van der Waals surface area contributed by atoms with Crippen molar-refractivity contribution in [2.75, 3.05) is 11.9 Å². The van der Waals surface area contributed by atoms with Crippen molar-refractivity contribution in [2.24, 2.45) is 5.73 Å². The van der Waals surface area contributed by atoms with E-state index in [2.05, 4.69) is 20.6 Å². The largest absolute Gasteiger partial charge is 0.368 e. The van der Waals surface area contributed by atoms with Crippen molar-refractivity contribution in [1.82, 2.24) is 25.1 Å². The molecule has 0 spiro atoms. The first-order valence-electron chi connectivity index (χ1n) is 6.71. The number of primary amides is 1. The molecule has 0 aliphatic heterocycles. The fraction of sp³-hybridized carbons (Fsp3) is 0.154. The number of aromatic nitrogens is 4. The van der Waals surface area contributed by atoms with Crippen molar-refractivity contribution >= 4 is 34.7 Å². The number of nitrogens with one attached hydrogen (secondary N) is 2. The topological polar surface area (TPSA) is 127 Å². The molecule has 9 nitrogen and oxygen atoms in total. The van der Waals surface area contributed by atoms with Crippen LogP contribution in [0, 0.1) is 0 Å². The summed E-state index contributed by atoms with van der Waals surface area (Å²) in [4.78, 5) is 21.9. The number of hydrogen-bond acceptors (Lipinski definition) is 7. The van der Waals surface area contributed by atoms with Gasteiger partial charge in [0.15, 0.2) is 11.5 Å². The first-order valence-corrected chi connectivity index (χ1v) is 7.66. The number of nitrogens with two attached hydrogens (primary N) is 1. The molecule has 0 fully saturated rings. The van der Waals surface area contributed by atoms with Crippen LogP contribution in [0.4, 0.5) is 10.6 Å². The van der Waals surface area contributed by atoms with Crippen LogP contribution >= 0.6 is 11.3 Å². The minimum absolute atomic E-state index is 0.0994. The van der Waals surface area contributed by atoms with Gasteiger partial charge in [0, 0.05) is 23.9 Å². The van der Waals surface area contributed by atoms with Crippen molar-refractivity contribution in [3.05, 3.63) is 29.0 Å². The Balaban J connectivity index is 1.71. The van der Waals surface area contributed by atoms with Gasteiger partial charge in [-0.2, -0.15) is 15.9 Å². The van der Waals surface area contributed by atoms with Gasteiger partial charge >= 0.3 is 6.03 Å². The van der Waals surface area contributed by atoms with Gasteiger partial charge in [-0.05, 0) is 23.6 Å². The van der Waals surface area contributed by atoms with E-state index in [0.717, 1.165) is 5.56 Å². The number of nitrogens with zero attached hydrogens (tertiary/aromatic N) is 4. The fourth-order valence-corrected chi connectivity index (χ4v) is 2.59. The number of urea groups is 1. The van der Waals surface area contributed by atoms with Crippen molar-refractivity contribution in [2.45, 2.75) is 6.42 Å². The summed E-state index contributed by atoms with van der Waals surface area (Å²) in [5, 5.41) is 21.5.